The number of aromatic nitrogens is 1. The molecule has 1 aliphatic rings. The molecule has 1 aliphatic carbocycles. The summed E-state index contributed by atoms with van der Waals surface area (Å²) in [5, 5.41) is 3.24. The Bertz CT molecular complexity index is 510. The van der Waals surface area contributed by atoms with E-state index >= 15 is 0 Å². The van der Waals surface area contributed by atoms with Crippen molar-refractivity contribution in [1.29, 1.82) is 0 Å². The van der Waals surface area contributed by atoms with Gasteiger partial charge in [-0.25, -0.2) is 13.1 Å². The fourth-order valence-electron chi connectivity index (χ4n) is 2.06. The maximum Gasteiger partial charge on any atom is 0.242 e. The van der Waals surface area contributed by atoms with E-state index in [-0.39, 0.29) is 0 Å². The molecule has 1 saturated carbocycles. The Labute approximate surface area is 115 Å². The Morgan fingerprint density at radius 3 is 2.84 bits per heavy atom. The molecular weight excluding hydrogens is 262 g/mol. The SMILES string of the molecule is CCCNCc1cc(S(=O)(=O)NCC2CC2C)c[nH]1. The summed E-state index contributed by atoms with van der Waals surface area (Å²) in [4.78, 5) is 3.33. The molecule has 2 rings (SSSR count). The minimum Gasteiger partial charge on any atom is -0.363 e. The molecule has 0 amide bonds. The zero-order chi connectivity index (χ0) is 13.9. The summed E-state index contributed by atoms with van der Waals surface area (Å²) in [5.74, 6) is 1.17. The molecule has 6 heteroatoms. The van der Waals surface area contributed by atoms with Crippen molar-refractivity contribution in [2.45, 2.75) is 38.1 Å². The molecule has 5 nitrogen and oxygen atoms in total. The Balaban J connectivity index is 1.88. The van der Waals surface area contributed by atoms with Crippen molar-refractivity contribution in [3.63, 3.8) is 0 Å². The molecule has 0 aromatic carbocycles. The lowest BCUT2D eigenvalue weighted by molar-refractivity contribution is 0.574. The van der Waals surface area contributed by atoms with E-state index in [1.165, 1.54) is 0 Å². The third-order valence-corrected chi connectivity index (χ3v) is 4.98. The van der Waals surface area contributed by atoms with Gasteiger partial charge in [-0.05, 0) is 37.3 Å². The molecule has 3 N–H and O–H groups in total. The fourth-order valence-corrected chi connectivity index (χ4v) is 3.17. The minimum absolute atomic E-state index is 0.328. The first kappa shape index (κ1) is 14.6. The maximum absolute atomic E-state index is 12.1. The van der Waals surface area contributed by atoms with Crippen LogP contribution in [0.3, 0.4) is 0 Å². The third kappa shape index (κ3) is 4.06. The van der Waals surface area contributed by atoms with Gasteiger partial charge in [-0.3, -0.25) is 0 Å². The van der Waals surface area contributed by atoms with Crippen molar-refractivity contribution in [1.82, 2.24) is 15.0 Å². The number of rotatable bonds is 8. The topological polar surface area (TPSA) is 74.0 Å². The number of aromatic amines is 1. The number of hydrogen-bond donors (Lipinski definition) is 3. The Hall–Kier alpha value is -0.850. The van der Waals surface area contributed by atoms with Gasteiger partial charge in [0.15, 0.2) is 0 Å². The van der Waals surface area contributed by atoms with Crippen LogP contribution in [0.5, 0.6) is 0 Å². The first-order valence-electron chi connectivity index (χ1n) is 6.90. The van der Waals surface area contributed by atoms with Crippen LogP contribution in [0, 0.1) is 11.8 Å². The standard InChI is InChI=1S/C13H23N3O2S/c1-3-4-14-8-12-6-13(9-15-12)19(17,18)16-7-11-5-10(11)2/h6,9-11,14-16H,3-5,7-8H2,1-2H3. The molecule has 0 aliphatic heterocycles. The number of H-pyrrole nitrogens is 1. The minimum atomic E-state index is -3.36. The molecule has 1 aromatic heterocycles. The van der Waals surface area contributed by atoms with Crippen molar-refractivity contribution in [2.24, 2.45) is 11.8 Å². The summed E-state index contributed by atoms with van der Waals surface area (Å²) in [6, 6.07) is 1.70. The predicted molar refractivity (Wildman–Crippen MR) is 75.2 cm³/mol. The molecule has 1 fully saturated rings. The van der Waals surface area contributed by atoms with Crippen LogP contribution in [0.4, 0.5) is 0 Å². The Morgan fingerprint density at radius 1 is 1.47 bits per heavy atom. The second kappa shape index (κ2) is 6.07. The number of sulfonamides is 1. The van der Waals surface area contributed by atoms with Crippen LogP contribution in [-0.4, -0.2) is 26.5 Å². The van der Waals surface area contributed by atoms with Gasteiger partial charge in [-0.1, -0.05) is 13.8 Å². The molecule has 108 valence electrons. The van der Waals surface area contributed by atoms with Crippen molar-refractivity contribution in [3.8, 4) is 0 Å². The van der Waals surface area contributed by atoms with Crippen molar-refractivity contribution in [3.05, 3.63) is 18.0 Å². The van der Waals surface area contributed by atoms with Crippen LogP contribution in [0.2, 0.25) is 0 Å². The lowest BCUT2D eigenvalue weighted by atomic mass is 10.3. The number of nitrogens with one attached hydrogen (secondary N) is 3. The maximum atomic E-state index is 12.1. The van der Waals surface area contributed by atoms with Crippen LogP contribution in [-0.2, 0) is 16.6 Å². The Kier molecular flexibility index (Phi) is 4.65. The summed E-state index contributed by atoms with van der Waals surface area (Å²) in [5.41, 5.74) is 0.897. The van der Waals surface area contributed by atoms with Gasteiger partial charge in [-0.2, -0.15) is 0 Å². The summed E-state index contributed by atoms with van der Waals surface area (Å²) in [6.07, 6.45) is 3.75. The van der Waals surface area contributed by atoms with E-state index in [1.807, 2.05) is 0 Å². The molecule has 0 saturated heterocycles. The first-order chi connectivity index (χ1) is 9.03. The molecule has 1 aromatic rings. The second-order valence-electron chi connectivity index (χ2n) is 5.36. The Morgan fingerprint density at radius 2 is 2.21 bits per heavy atom. The van der Waals surface area contributed by atoms with Gasteiger partial charge in [-0.15, -0.1) is 0 Å². The average Bonchev–Trinajstić information content (AvgIpc) is 2.88. The van der Waals surface area contributed by atoms with Crippen molar-refractivity contribution in [2.75, 3.05) is 13.1 Å². The highest BCUT2D eigenvalue weighted by Gasteiger charge is 2.33. The molecule has 0 bridgehead atoms. The van der Waals surface area contributed by atoms with E-state index in [4.69, 9.17) is 0 Å². The fraction of sp³-hybridized carbons (Fsp3) is 0.692. The van der Waals surface area contributed by atoms with Crippen molar-refractivity contribution < 1.29 is 8.42 Å². The van der Waals surface area contributed by atoms with E-state index < -0.39 is 10.0 Å². The van der Waals surface area contributed by atoms with E-state index in [9.17, 15) is 8.42 Å². The average molecular weight is 285 g/mol. The van der Waals surface area contributed by atoms with Crippen LogP contribution in [0.25, 0.3) is 0 Å². The largest absolute Gasteiger partial charge is 0.363 e. The molecule has 2 atom stereocenters. The predicted octanol–water partition coefficient (Wildman–Crippen LogP) is 1.45. The van der Waals surface area contributed by atoms with E-state index in [2.05, 4.69) is 28.9 Å². The molecule has 0 spiro atoms. The van der Waals surface area contributed by atoms with Gasteiger partial charge in [0, 0.05) is 25.0 Å². The van der Waals surface area contributed by atoms with E-state index in [1.54, 1.807) is 12.3 Å². The highest BCUT2D eigenvalue weighted by Crippen LogP contribution is 2.37. The van der Waals surface area contributed by atoms with Gasteiger partial charge in [0.25, 0.3) is 0 Å². The highest BCUT2D eigenvalue weighted by atomic mass is 32.2. The summed E-state index contributed by atoms with van der Waals surface area (Å²) in [6.45, 7) is 6.40. The normalized spacial score (nSPS) is 22.6. The zero-order valence-electron chi connectivity index (χ0n) is 11.6. The summed E-state index contributed by atoms with van der Waals surface area (Å²) in [7, 11) is -3.36. The van der Waals surface area contributed by atoms with Crippen LogP contribution in [0.15, 0.2) is 17.2 Å². The first-order valence-corrected chi connectivity index (χ1v) is 8.39. The van der Waals surface area contributed by atoms with Crippen LogP contribution < -0.4 is 10.0 Å². The molecule has 1 heterocycles. The monoisotopic (exact) mass is 285 g/mol. The van der Waals surface area contributed by atoms with E-state index in [0.717, 1.165) is 25.1 Å². The molecule has 0 radical (unpaired) electrons. The quantitative estimate of drug-likeness (QED) is 0.633. The van der Waals surface area contributed by atoms with Gasteiger partial charge in [0.1, 0.15) is 0 Å². The van der Waals surface area contributed by atoms with Crippen LogP contribution >= 0.6 is 0 Å². The lowest BCUT2D eigenvalue weighted by Gasteiger charge is -2.03. The molecule has 2 unspecified atom stereocenters. The second-order valence-corrected chi connectivity index (χ2v) is 7.13. The van der Waals surface area contributed by atoms with Gasteiger partial charge >= 0.3 is 0 Å². The molecule has 19 heavy (non-hydrogen) atoms. The zero-order valence-corrected chi connectivity index (χ0v) is 12.4. The van der Waals surface area contributed by atoms with Gasteiger partial charge in [0.05, 0.1) is 4.90 Å². The van der Waals surface area contributed by atoms with Gasteiger partial charge in [0.2, 0.25) is 10.0 Å². The van der Waals surface area contributed by atoms with E-state index in [0.29, 0.717) is 29.8 Å². The number of hydrogen-bond acceptors (Lipinski definition) is 3. The molecular formula is C13H23N3O2S. The smallest absolute Gasteiger partial charge is 0.242 e. The lowest BCUT2D eigenvalue weighted by Crippen LogP contribution is -2.25. The third-order valence-electron chi connectivity index (χ3n) is 3.58. The van der Waals surface area contributed by atoms with Crippen molar-refractivity contribution >= 4 is 10.0 Å². The summed E-state index contributed by atoms with van der Waals surface area (Å²) < 4.78 is 26.8. The van der Waals surface area contributed by atoms with Crippen LogP contribution in [0.1, 0.15) is 32.4 Å². The van der Waals surface area contributed by atoms with Gasteiger partial charge < -0.3 is 10.3 Å². The highest BCUT2D eigenvalue weighted by molar-refractivity contribution is 7.89. The summed E-state index contributed by atoms with van der Waals surface area (Å²) >= 11 is 0.